The van der Waals surface area contributed by atoms with Crippen LogP contribution in [0.25, 0.3) is 0 Å². The summed E-state index contributed by atoms with van der Waals surface area (Å²) in [5, 5.41) is 9.93. The molecule has 1 heterocycles. The van der Waals surface area contributed by atoms with Gasteiger partial charge in [-0.1, -0.05) is 0 Å². The maximum Gasteiger partial charge on any atom is 0.126 e. The number of piperazine rings is 1. The molecule has 1 aromatic rings. The Hall–Kier alpha value is -1.13. The van der Waals surface area contributed by atoms with E-state index in [1.165, 1.54) is 25.5 Å². The molecule has 2 fully saturated rings. The predicted molar refractivity (Wildman–Crippen MR) is 83.1 cm³/mol. The summed E-state index contributed by atoms with van der Waals surface area (Å²) < 4.78 is 13.8. The molecule has 116 valence electrons. The summed E-state index contributed by atoms with van der Waals surface area (Å²) in [6.45, 7) is 8.76. The van der Waals surface area contributed by atoms with E-state index >= 15 is 0 Å². The Morgan fingerprint density at radius 1 is 1.24 bits per heavy atom. The highest BCUT2D eigenvalue weighted by Gasteiger charge is 2.27. The van der Waals surface area contributed by atoms with Gasteiger partial charge in [-0.25, -0.2) is 4.39 Å². The van der Waals surface area contributed by atoms with Crippen molar-refractivity contribution in [2.24, 2.45) is 5.92 Å². The van der Waals surface area contributed by atoms with Crippen molar-refractivity contribution < 1.29 is 9.50 Å². The molecule has 4 heteroatoms. The molecule has 21 heavy (non-hydrogen) atoms. The predicted octanol–water partition coefficient (Wildman–Crippen LogP) is 2.72. The van der Waals surface area contributed by atoms with Gasteiger partial charge in [0.15, 0.2) is 0 Å². The first-order valence-electron chi connectivity index (χ1n) is 8.00. The van der Waals surface area contributed by atoms with Crippen LogP contribution in [0, 0.1) is 18.7 Å². The second kappa shape index (κ2) is 5.93. The van der Waals surface area contributed by atoms with Crippen LogP contribution in [0.15, 0.2) is 12.1 Å². The summed E-state index contributed by atoms with van der Waals surface area (Å²) >= 11 is 0. The maximum absolute atomic E-state index is 13.8. The molecule has 0 amide bonds. The van der Waals surface area contributed by atoms with E-state index in [1.54, 1.807) is 13.8 Å². The molecule has 1 N–H and O–H groups in total. The van der Waals surface area contributed by atoms with Crippen molar-refractivity contribution in [3.63, 3.8) is 0 Å². The highest BCUT2D eigenvalue weighted by Crippen LogP contribution is 2.32. The van der Waals surface area contributed by atoms with Crippen LogP contribution in [0.4, 0.5) is 10.1 Å². The van der Waals surface area contributed by atoms with E-state index in [0.717, 1.165) is 37.8 Å². The third-order valence-electron chi connectivity index (χ3n) is 4.68. The van der Waals surface area contributed by atoms with Crippen molar-refractivity contribution >= 4 is 5.69 Å². The molecule has 3 nitrogen and oxygen atoms in total. The number of benzene rings is 1. The summed E-state index contributed by atoms with van der Waals surface area (Å²) in [6.07, 6.45) is 2.15. The Balaban J connectivity index is 1.73. The van der Waals surface area contributed by atoms with Crippen LogP contribution < -0.4 is 4.90 Å². The van der Waals surface area contributed by atoms with Gasteiger partial charge in [0.05, 0.1) is 6.10 Å². The number of hydrogen-bond acceptors (Lipinski definition) is 3. The number of anilines is 1. The van der Waals surface area contributed by atoms with Gasteiger partial charge in [-0.2, -0.15) is 0 Å². The third-order valence-corrected chi connectivity index (χ3v) is 4.68. The van der Waals surface area contributed by atoms with E-state index in [4.69, 9.17) is 0 Å². The van der Waals surface area contributed by atoms with Crippen LogP contribution in [0.2, 0.25) is 0 Å². The van der Waals surface area contributed by atoms with Crippen molar-refractivity contribution in [1.29, 1.82) is 0 Å². The van der Waals surface area contributed by atoms with Crippen LogP contribution in [-0.2, 0) is 0 Å². The lowest BCUT2D eigenvalue weighted by Gasteiger charge is -2.37. The number of aliphatic hydroxyl groups excluding tert-OH is 1. The topological polar surface area (TPSA) is 26.7 Å². The van der Waals surface area contributed by atoms with E-state index in [1.807, 2.05) is 6.07 Å². The fourth-order valence-corrected chi connectivity index (χ4v) is 3.13. The minimum absolute atomic E-state index is 0.234. The van der Waals surface area contributed by atoms with Gasteiger partial charge in [0.25, 0.3) is 0 Å². The average molecular weight is 292 g/mol. The average Bonchev–Trinajstić information content (AvgIpc) is 3.26. The third kappa shape index (κ3) is 3.38. The van der Waals surface area contributed by atoms with Gasteiger partial charge in [0.2, 0.25) is 0 Å². The zero-order valence-electron chi connectivity index (χ0n) is 13.0. The number of aliphatic hydroxyl groups is 1. The van der Waals surface area contributed by atoms with Gasteiger partial charge < -0.3 is 10.0 Å². The standard InChI is InChI=1S/C17H25FN2O/c1-12-9-17(15(13(2)21)10-16(12)18)20-7-5-19(6-8-20)11-14-3-4-14/h9-10,13-14,21H,3-8,11H2,1-2H3/t13-/m1/s1. The Bertz CT molecular complexity index is 506. The molecule has 1 saturated carbocycles. The molecule has 3 rings (SSSR count). The van der Waals surface area contributed by atoms with Crippen LogP contribution in [0.5, 0.6) is 0 Å². The Labute approximate surface area is 126 Å². The number of nitrogens with zero attached hydrogens (tertiary/aromatic N) is 2. The van der Waals surface area contributed by atoms with Gasteiger partial charge >= 0.3 is 0 Å². The molecule has 0 radical (unpaired) electrons. The SMILES string of the molecule is Cc1cc(N2CCN(CC3CC3)CC2)c([C@@H](C)O)cc1F. The zero-order chi connectivity index (χ0) is 15.0. The molecule has 0 unspecified atom stereocenters. The van der Waals surface area contributed by atoms with Gasteiger partial charge in [0, 0.05) is 44.0 Å². The zero-order valence-corrected chi connectivity index (χ0v) is 13.0. The minimum atomic E-state index is -0.639. The lowest BCUT2D eigenvalue weighted by Crippen LogP contribution is -2.47. The Morgan fingerprint density at radius 3 is 2.48 bits per heavy atom. The summed E-state index contributed by atoms with van der Waals surface area (Å²) in [5.74, 6) is 0.694. The monoisotopic (exact) mass is 292 g/mol. The van der Waals surface area contributed by atoms with E-state index in [2.05, 4.69) is 9.80 Å². The molecule has 1 saturated heterocycles. The molecular weight excluding hydrogens is 267 g/mol. The van der Waals surface area contributed by atoms with E-state index in [0.29, 0.717) is 11.1 Å². The van der Waals surface area contributed by atoms with Crippen LogP contribution in [-0.4, -0.2) is 42.7 Å². The van der Waals surface area contributed by atoms with Gasteiger partial charge in [-0.15, -0.1) is 0 Å². The van der Waals surface area contributed by atoms with Crippen molar-refractivity contribution in [3.8, 4) is 0 Å². The Kier molecular flexibility index (Phi) is 4.18. The number of aryl methyl sites for hydroxylation is 1. The molecule has 0 aromatic heterocycles. The molecule has 1 aliphatic heterocycles. The molecule has 1 aromatic carbocycles. The fraction of sp³-hybridized carbons (Fsp3) is 0.647. The van der Waals surface area contributed by atoms with E-state index in [9.17, 15) is 9.50 Å². The Morgan fingerprint density at radius 2 is 1.90 bits per heavy atom. The number of hydrogen-bond donors (Lipinski definition) is 1. The lowest BCUT2D eigenvalue weighted by atomic mass is 10.0. The van der Waals surface area contributed by atoms with E-state index in [-0.39, 0.29) is 5.82 Å². The highest BCUT2D eigenvalue weighted by atomic mass is 19.1. The smallest absolute Gasteiger partial charge is 0.126 e. The molecule has 1 atom stereocenters. The first-order chi connectivity index (χ1) is 10.0. The van der Waals surface area contributed by atoms with Crippen molar-refractivity contribution in [2.45, 2.75) is 32.8 Å². The summed E-state index contributed by atoms with van der Waals surface area (Å²) in [7, 11) is 0. The van der Waals surface area contributed by atoms with Crippen LogP contribution >= 0.6 is 0 Å². The van der Waals surface area contributed by atoms with E-state index < -0.39 is 6.10 Å². The number of halogens is 1. The normalized spacial score (nSPS) is 21.6. The largest absolute Gasteiger partial charge is 0.389 e. The molecule has 0 spiro atoms. The quantitative estimate of drug-likeness (QED) is 0.924. The molecular formula is C17H25FN2O. The first-order valence-corrected chi connectivity index (χ1v) is 8.00. The van der Waals surface area contributed by atoms with Crippen molar-refractivity contribution in [3.05, 3.63) is 29.1 Å². The molecule has 2 aliphatic rings. The highest BCUT2D eigenvalue weighted by molar-refractivity contribution is 5.57. The van der Waals surface area contributed by atoms with Crippen molar-refractivity contribution in [2.75, 3.05) is 37.6 Å². The lowest BCUT2D eigenvalue weighted by molar-refractivity contribution is 0.198. The maximum atomic E-state index is 13.8. The van der Waals surface area contributed by atoms with Crippen LogP contribution in [0.1, 0.15) is 37.0 Å². The summed E-state index contributed by atoms with van der Waals surface area (Å²) in [4.78, 5) is 4.82. The summed E-state index contributed by atoms with van der Waals surface area (Å²) in [5.41, 5.74) is 2.35. The van der Waals surface area contributed by atoms with Crippen molar-refractivity contribution in [1.82, 2.24) is 4.90 Å². The second-order valence-electron chi connectivity index (χ2n) is 6.57. The van der Waals surface area contributed by atoms with Gasteiger partial charge in [0.1, 0.15) is 5.82 Å². The molecule has 1 aliphatic carbocycles. The fourth-order valence-electron chi connectivity index (χ4n) is 3.13. The molecule has 0 bridgehead atoms. The van der Waals surface area contributed by atoms with Crippen LogP contribution in [0.3, 0.4) is 0 Å². The first kappa shape index (κ1) is 14.8. The summed E-state index contributed by atoms with van der Waals surface area (Å²) in [6, 6.07) is 3.37. The second-order valence-corrected chi connectivity index (χ2v) is 6.57. The van der Waals surface area contributed by atoms with Gasteiger partial charge in [-0.05, 0) is 50.3 Å². The van der Waals surface area contributed by atoms with Gasteiger partial charge in [-0.3, -0.25) is 4.90 Å². The minimum Gasteiger partial charge on any atom is -0.389 e. The number of rotatable bonds is 4.